The zero-order valence-corrected chi connectivity index (χ0v) is 14.4. The summed E-state index contributed by atoms with van der Waals surface area (Å²) in [5.41, 5.74) is 0.972. The number of aromatic nitrogens is 1. The second kappa shape index (κ2) is 7.02. The Bertz CT molecular complexity index is 653. The van der Waals surface area contributed by atoms with Gasteiger partial charge < -0.3 is 15.0 Å². The minimum absolute atomic E-state index is 0.0356. The van der Waals surface area contributed by atoms with Gasteiger partial charge in [-0.25, -0.2) is 4.98 Å². The molecule has 0 aromatic carbocycles. The highest BCUT2D eigenvalue weighted by Crippen LogP contribution is 2.32. The van der Waals surface area contributed by atoms with Crippen molar-refractivity contribution in [3.8, 4) is 5.88 Å². The van der Waals surface area contributed by atoms with Gasteiger partial charge in [0.15, 0.2) is 0 Å². The molecule has 2 saturated carbocycles. The van der Waals surface area contributed by atoms with E-state index in [4.69, 9.17) is 4.74 Å². The van der Waals surface area contributed by atoms with E-state index in [1.54, 1.807) is 6.20 Å². The van der Waals surface area contributed by atoms with Gasteiger partial charge in [0.1, 0.15) is 6.10 Å². The van der Waals surface area contributed by atoms with Gasteiger partial charge in [-0.05, 0) is 50.2 Å². The van der Waals surface area contributed by atoms with E-state index in [1.165, 1.54) is 12.8 Å². The second-order valence-electron chi connectivity index (χ2n) is 7.42. The summed E-state index contributed by atoms with van der Waals surface area (Å²) in [6, 6.07) is 4.17. The maximum atomic E-state index is 12.4. The van der Waals surface area contributed by atoms with Gasteiger partial charge in [-0.1, -0.05) is 0 Å². The Hall–Kier alpha value is -2.11. The lowest BCUT2D eigenvalue weighted by Crippen LogP contribution is -2.33. The van der Waals surface area contributed by atoms with Gasteiger partial charge in [-0.15, -0.1) is 0 Å². The third kappa shape index (κ3) is 3.94. The largest absolute Gasteiger partial charge is 0.474 e. The molecule has 3 aliphatic rings. The van der Waals surface area contributed by atoms with Crippen LogP contribution in [0.3, 0.4) is 0 Å². The third-order valence-electron chi connectivity index (χ3n) is 5.37. The molecule has 6 heteroatoms. The van der Waals surface area contributed by atoms with Crippen LogP contribution in [0, 0.1) is 5.92 Å². The quantitative estimate of drug-likeness (QED) is 0.858. The van der Waals surface area contributed by atoms with Crippen LogP contribution < -0.4 is 10.1 Å². The molecule has 1 aliphatic heterocycles. The lowest BCUT2D eigenvalue weighted by Gasteiger charge is -2.15. The zero-order chi connectivity index (χ0) is 17.2. The summed E-state index contributed by atoms with van der Waals surface area (Å²) in [6.45, 7) is 1.01. The molecule has 4 rings (SSSR count). The number of hydrogen-bond acceptors (Lipinski definition) is 4. The Labute approximate surface area is 147 Å². The maximum Gasteiger partial charge on any atom is 0.225 e. The first-order valence-corrected chi connectivity index (χ1v) is 9.38. The SMILES string of the molecule is O=C(NCc1ccnc(OC2CCCC2)c1)[C@H]1CC(=O)N(C2CC2)C1. The van der Waals surface area contributed by atoms with E-state index in [0.29, 0.717) is 31.4 Å². The average Bonchev–Trinajstić information content (AvgIpc) is 3.18. The smallest absolute Gasteiger partial charge is 0.225 e. The number of amides is 2. The lowest BCUT2D eigenvalue weighted by molar-refractivity contribution is -0.129. The van der Waals surface area contributed by atoms with E-state index in [0.717, 1.165) is 31.2 Å². The molecule has 2 heterocycles. The molecular weight excluding hydrogens is 318 g/mol. The number of nitrogens with zero attached hydrogens (tertiary/aromatic N) is 2. The van der Waals surface area contributed by atoms with Crippen LogP contribution in [-0.2, 0) is 16.1 Å². The van der Waals surface area contributed by atoms with Crippen molar-refractivity contribution in [2.75, 3.05) is 6.54 Å². The average molecular weight is 343 g/mol. The van der Waals surface area contributed by atoms with Crippen LogP contribution in [0.1, 0.15) is 50.5 Å². The highest BCUT2D eigenvalue weighted by Gasteiger charge is 2.41. The Balaban J connectivity index is 1.29. The molecule has 134 valence electrons. The summed E-state index contributed by atoms with van der Waals surface area (Å²) < 4.78 is 5.91. The van der Waals surface area contributed by atoms with Crippen molar-refractivity contribution in [2.45, 2.75) is 63.6 Å². The Morgan fingerprint density at radius 3 is 2.84 bits per heavy atom. The summed E-state index contributed by atoms with van der Waals surface area (Å²) >= 11 is 0. The molecule has 0 bridgehead atoms. The predicted octanol–water partition coefficient (Wildman–Crippen LogP) is 2.03. The maximum absolute atomic E-state index is 12.4. The summed E-state index contributed by atoms with van der Waals surface area (Å²) in [5, 5.41) is 2.96. The molecule has 2 amide bonds. The van der Waals surface area contributed by atoms with Crippen LogP contribution >= 0.6 is 0 Å². The number of ether oxygens (including phenoxy) is 1. The third-order valence-corrected chi connectivity index (χ3v) is 5.37. The van der Waals surface area contributed by atoms with Gasteiger partial charge in [-0.2, -0.15) is 0 Å². The first-order valence-electron chi connectivity index (χ1n) is 9.38. The number of pyridine rings is 1. The number of carbonyl (C=O) groups is 2. The normalized spacial score (nSPS) is 23.9. The van der Waals surface area contributed by atoms with Crippen LogP contribution in [0.5, 0.6) is 5.88 Å². The zero-order valence-electron chi connectivity index (χ0n) is 14.4. The summed E-state index contributed by atoms with van der Waals surface area (Å²) in [7, 11) is 0. The van der Waals surface area contributed by atoms with E-state index >= 15 is 0 Å². The molecular formula is C19H25N3O3. The van der Waals surface area contributed by atoms with Crippen LogP contribution in [0.4, 0.5) is 0 Å². The fraction of sp³-hybridized carbons (Fsp3) is 0.632. The van der Waals surface area contributed by atoms with E-state index in [1.807, 2.05) is 17.0 Å². The number of hydrogen-bond donors (Lipinski definition) is 1. The molecule has 25 heavy (non-hydrogen) atoms. The number of likely N-dealkylation sites (tertiary alicyclic amines) is 1. The minimum atomic E-state index is -0.218. The van der Waals surface area contributed by atoms with Crippen molar-refractivity contribution < 1.29 is 14.3 Å². The first-order chi connectivity index (χ1) is 12.2. The lowest BCUT2D eigenvalue weighted by atomic mass is 10.1. The highest BCUT2D eigenvalue weighted by atomic mass is 16.5. The molecule has 0 spiro atoms. The van der Waals surface area contributed by atoms with E-state index < -0.39 is 0 Å². The van der Waals surface area contributed by atoms with E-state index in [-0.39, 0.29) is 23.8 Å². The van der Waals surface area contributed by atoms with Crippen molar-refractivity contribution in [1.82, 2.24) is 15.2 Å². The summed E-state index contributed by atoms with van der Waals surface area (Å²) in [6.07, 6.45) is 9.13. The molecule has 1 atom stereocenters. The fourth-order valence-corrected chi connectivity index (χ4v) is 3.78. The monoisotopic (exact) mass is 343 g/mol. The van der Waals surface area contributed by atoms with Crippen molar-refractivity contribution in [1.29, 1.82) is 0 Å². The fourth-order valence-electron chi connectivity index (χ4n) is 3.78. The van der Waals surface area contributed by atoms with Gasteiger partial charge in [-0.3, -0.25) is 9.59 Å². The van der Waals surface area contributed by atoms with Crippen LogP contribution in [0.25, 0.3) is 0 Å². The van der Waals surface area contributed by atoms with Crippen LogP contribution in [0.15, 0.2) is 18.3 Å². The number of carbonyl (C=O) groups excluding carboxylic acids is 2. The summed E-state index contributed by atoms with van der Waals surface area (Å²) in [5.74, 6) is 0.504. The second-order valence-corrected chi connectivity index (χ2v) is 7.42. The van der Waals surface area contributed by atoms with Gasteiger partial charge >= 0.3 is 0 Å². The molecule has 6 nitrogen and oxygen atoms in total. The molecule has 1 N–H and O–H groups in total. The van der Waals surface area contributed by atoms with Crippen molar-refractivity contribution in [3.05, 3.63) is 23.9 Å². The standard InChI is InChI=1S/C19H25N3O3/c23-18-10-14(12-22(18)15-5-6-15)19(24)21-11-13-7-8-20-17(9-13)25-16-3-1-2-4-16/h7-9,14-16H,1-6,10-12H2,(H,21,24)/t14-/m0/s1. The Morgan fingerprint density at radius 1 is 1.28 bits per heavy atom. The first kappa shape index (κ1) is 16.4. The van der Waals surface area contributed by atoms with Gasteiger partial charge in [0.25, 0.3) is 0 Å². The Morgan fingerprint density at radius 2 is 2.08 bits per heavy atom. The van der Waals surface area contributed by atoms with E-state index in [9.17, 15) is 9.59 Å². The molecule has 3 fully saturated rings. The molecule has 0 radical (unpaired) electrons. The molecule has 2 aliphatic carbocycles. The van der Waals surface area contributed by atoms with Crippen LogP contribution in [-0.4, -0.2) is 40.4 Å². The van der Waals surface area contributed by atoms with Crippen molar-refractivity contribution in [3.63, 3.8) is 0 Å². The summed E-state index contributed by atoms with van der Waals surface area (Å²) in [4.78, 5) is 30.5. The Kier molecular flexibility index (Phi) is 4.59. The van der Waals surface area contributed by atoms with Gasteiger partial charge in [0.05, 0.1) is 5.92 Å². The van der Waals surface area contributed by atoms with Crippen molar-refractivity contribution >= 4 is 11.8 Å². The van der Waals surface area contributed by atoms with Crippen molar-refractivity contribution in [2.24, 2.45) is 5.92 Å². The number of nitrogens with one attached hydrogen (secondary N) is 1. The predicted molar refractivity (Wildman–Crippen MR) is 91.8 cm³/mol. The minimum Gasteiger partial charge on any atom is -0.474 e. The number of rotatable bonds is 6. The van der Waals surface area contributed by atoms with Gasteiger partial charge in [0.2, 0.25) is 17.7 Å². The van der Waals surface area contributed by atoms with E-state index in [2.05, 4.69) is 10.3 Å². The molecule has 1 saturated heterocycles. The van der Waals surface area contributed by atoms with Crippen LogP contribution in [0.2, 0.25) is 0 Å². The molecule has 1 aromatic heterocycles. The van der Waals surface area contributed by atoms with Gasteiger partial charge in [0, 0.05) is 37.8 Å². The molecule has 1 aromatic rings. The molecule has 0 unspecified atom stereocenters. The highest BCUT2D eigenvalue weighted by molar-refractivity contribution is 5.89. The topological polar surface area (TPSA) is 71.5 Å².